The van der Waals surface area contributed by atoms with Gasteiger partial charge in [-0.15, -0.1) is 0 Å². The van der Waals surface area contributed by atoms with Gasteiger partial charge in [-0.05, 0) is 48.6 Å². The van der Waals surface area contributed by atoms with Crippen molar-refractivity contribution in [2.45, 2.75) is 25.3 Å². The van der Waals surface area contributed by atoms with Crippen molar-refractivity contribution >= 4 is 70.5 Å². The van der Waals surface area contributed by atoms with Crippen LogP contribution in [0.1, 0.15) is 28.9 Å². The number of nitrogens with one attached hydrogen (secondary N) is 4. The number of ether oxygens (including phenoxy) is 1. The maximum absolute atomic E-state index is 14.7. The molecule has 0 fully saturated rings. The standard InChI is InChI=1S/C31H27Cl2F3N6O4/c1-37-30-25(41-27(43)11-6-19-21(34)9-7-20(32)29(19)36)15-17-5-8-22(35)23(38-17)10-12-28(44)40-24-14-18(39-31(45)46-2)4-3-16(24)13-26(33)42-30/h3-9,11,13-14,25H,10,12,15H2,1-2H3,(H,37,42)(H,39,45)(H,40,44)(H,41,43)/b11-6+,26-13+. The quantitative estimate of drug-likeness (QED) is 0.157. The van der Waals surface area contributed by atoms with Gasteiger partial charge in [0.15, 0.2) is 5.82 Å². The molecule has 3 aromatic rings. The number of benzene rings is 2. The molecule has 1 atom stereocenters. The largest absolute Gasteiger partial charge is 0.453 e. The zero-order chi connectivity index (χ0) is 33.4. The molecule has 4 rings (SSSR count). The van der Waals surface area contributed by atoms with Crippen LogP contribution in [0.15, 0.2) is 58.7 Å². The highest BCUT2D eigenvalue weighted by molar-refractivity contribution is 6.32. The zero-order valence-corrected chi connectivity index (χ0v) is 25.9. The normalized spacial score (nSPS) is 17.5. The molecule has 0 radical (unpaired) electrons. The monoisotopic (exact) mass is 674 g/mol. The number of carbonyl (C=O) groups excluding carboxylic acids is 3. The molecule has 2 bridgehead atoms. The summed E-state index contributed by atoms with van der Waals surface area (Å²) in [4.78, 5) is 46.2. The molecule has 2 heterocycles. The van der Waals surface area contributed by atoms with E-state index in [1.54, 1.807) is 12.1 Å². The van der Waals surface area contributed by atoms with E-state index < -0.39 is 47.0 Å². The third-order valence-electron chi connectivity index (χ3n) is 6.64. The minimum absolute atomic E-state index is 0.0120. The molecule has 10 nitrogen and oxygen atoms in total. The van der Waals surface area contributed by atoms with Gasteiger partial charge in [0.05, 0.1) is 29.6 Å². The van der Waals surface area contributed by atoms with E-state index >= 15 is 0 Å². The Labute approximate surface area is 271 Å². The molecule has 15 heteroatoms. The third-order valence-corrected chi connectivity index (χ3v) is 7.13. The van der Waals surface area contributed by atoms with Crippen molar-refractivity contribution in [3.63, 3.8) is 0 Å². The number of carbonyl (C=O) groups is 3. The Bertz CT molecular complexity index is 1770. The van der Waals surface area contributed by atoms with Crippen molar-refractivity contribution in [1.82, 2.24) is 15.6 Å². The van der Waals surface area contributed by atoms with Crippen LogP contribution >= 0.6 is 23.2 Å². The molecule has 0 saturated heterocycles. The Morgan fingerprint density at radius 2 is 1.83 bits per heavy atom. The van der Waals surface area contributed by atoms with E-state index in [1.165, 1.54) is 38.4 Å². The Kier molecular flexibility index (Phi) is 11.4. The first-order chi connectivity index (χ1) is 22.0. The molecule has 4 N–H and O–H groups in total. The van der Waals surface area contributed by atoms with Crippen LogP contribution in [0.25, 0.3) is 12.2 Å². The van der Waals surface area contributed by atoms with Gasteiger partial charge in [0, 0.05) is 54.9 Å². The Morgan fingerprint density at radius 3 is 2.57 bits per heavy atom. The summed E-state index contributed by atoms with van der Waals surface area (Å²) in [6.45, 7) is 0. The maximum atomic E-state index is 14.7. The molecule has 1 unspecified atom stereocenters. The van der Waals surface area contributed by atoms with Crippen molar-refractivity contribution in [2.24, 2.45) is 4.99 Å². The molecular formula is C31H27Cl2F3N6O4. The first-order valence-corrected chi connectivity index (χ1v) is 14.4. The van der Waals surface area contributed by atoms with Crippen LogP contribution < -0.4 is 21.3 Å². The summed E-state index contributed by atoms with van der Waals surface area (Å²) in [6, 6.07) is 8.31. The number of pyridine rings is 1. The van der Waals surface area contributed by atoms with Crippen molar-refractivity contribution in [2.75, 3.05) is 24.8 Å². The van der Waals surface area contributed by atoms with E-state index in [1.807, 2.05) is 0 Å². The van der Waals surface area contributed by atoms with E-state index in [4.69, 9.17) is 23.2 Å². The minimum Gasteiger partial charge on any atom is -0.453 e. The molecule has 0 saturated carbocycles. The number of aryl methyl sites for hydroxylation is 1. The number of rotatable bonds is 4. The lowest BCUT2D eigenvalue weighted by atomic mass is 10.1. The van der Waals surface area contributed by atoms with Crippen LogP contribution in [-0.4, -0.2) is 48.9 Å². The number of amides is 3. The number of nitrogens with zero attached hydrogens (tertiary/aromatic N) is 2. The van der Waals surface area contributed by atoms with Gasteiger partial charge < -0.3 is 20.7 Å². The predicted molar refractivity (Wildman–Crippen MR) is 170 cm³/mol. The predicted octanol–water partition coefficient (Wildman–Crippen LogP) is 5.81. The van der Waals surface area contributed by atoms with E-state index in [0.717, 1.165) is 24.3 Å². The molecular weight excluding hydrogens is 648 g/mol. The van der Waals surface area contributed by atoms with E-state index in [2.05, 4.69) is 36.0 Å². The molecule has 1 aliphatic rings. The highest BCUT2D eigenvalue weighted by Gasteiger charge is 2.22. The van der Waals surface area contributed by atoms with Crippen molar-refractivity contribution in [3.05, 3.63) is 98.7 Å². The number of methoxy groups -OCH3 is 1. The van der Waals surface area contributed by atoms with Gasteiger partial charge in [0.2, 0.25) is 11.8 Å². The van der Waals surface area contributed by atoms with Gasteiger partial charge >= 0.3 is 6.09 Å². The maximum Gasteiger partial charge on any atom is 0.411 e. The second-order valence-corrected chi connectivity index (χ2v) is 10.6. The fourth-order valence-corrected chi connectivity index (χ4v) is 4.77. The Morgan fingerprint density at radius 1 is 1.07 bits per heavy atom. The van der Waals surface area contributed by atoms with Gasteiger partial charge in [-0.3, -0.25) is 24.9 Å². The Balaban J connectivity index is 1.71. The molecule has 3 amide bonds. The summed E-state index contributed by atoms with van der Waals surface area (Å²) in [5.41, 5.74) is 0.852. The van der Waals surface area contributed by atoms with Crippen LogP contribution in [0.2, 0.25) is 5.02 Å². The highest BCUT2D eigenvalue weighted by atomic mass is 35.5. The summed E-state index contributed by atoms with van der Waals surface area (Å²) >= 11 is 12.3. The van der Waals surface area contributed by atoms with Gasteiger partial charge in [-0.2, -0.15) is 0 Å². The van der Waals surface area contributed by atoms with Crippen molar-refractivity contribution in [1.29, 1.82) is 0 Å². The van der Waals surface area contributed by atoms with Crippen molar-refractivity contribution in [3.8, 4) is 0 Å². The van der Waals surface area contributed by atoms with Crippen LogP contribution in [0, 0.1) is 17.5 Å². The molecule has 0 spiro atoms. The molecule has 2 aromatic carbocycles. The van der Waals surface area contributed by atoms with Crippen LogP contribution in [0.3, 0.4) is 0 Å². The molecule has 1 aromatic heterocycles. The summed E-state index contributed by atoms with van der Waals surface area (Å²) in [7, 11) is 2.64. The number of hydrogen-bond donors (Lipinski definition) is 4. The number of aromatic nitrogens is 1. The average Bonchev–Trinajstić information content (AvgIpc) is 3.02. The van der Waals surface area contributed by atoms with Gasteiger partial charge in [-0.1, -0.05) is 29.3 Å². The molecule has 46 heavy (non-hydrogen) atoms. The highest BCUT2D eigenvalue weighted by Crippen LogP contribution is 2.26. The molecule has 1 aliphatic heterocycles. The number of fused-ring (bicyclic) bond motifs is 3. The smallest absolute Gasteiger partial charge is 0.411 e. The van der Waals surface area contributed by atoms with Gasteiger partial charge in [0.25, 0.3) is 0 Å². The number of halogens is 5. The summed E-state index contributed by atoms with van der Waals surface area (Å²) in [6.07, 6.45) is 2.42. The number of aliphatic imine (C=N–C) groups is 1. The number of hydrogen-bond acceptors (Lipinski definition) is 6. The molecule has 0 aliphatic carbocycles. The average molecular weight is 675 g/mol. The van der Waals surface area contributed by atoms with Crippen molar-refractivity contribution < 1.29 is 32.3 Å². The Hall–Kier alpha value is -4.88. The first kappa shape index (κ1) is 34.0. The summed E-state index contributed by atoms with van der Waals surface area (Å²) in [5, 5.41) is 10.6. The topological polar surface area (TPSA) is 134 Å². The van der Waals surface area contributed by atoms with E-state index in [-0.39, 0.29) is 46.7 Å². The summed E-state index contributed by atoms with van der Waals surface area (Å²) < 4.78 is 47.9. The van der Waals surface area contributed by atoms with Crippen LogP contribution in [0.5, 0.6) is 0 Å². The number of amidine groups is 1. The number of anilines is 2. The lowest BCUT2D eigenvalue weighted by Crippen LogP contribution is -2.47. The second kappa shape index (κ2) is 15.4. The first-order valence-electron chi connectivity index (χ1n) is 13.6. The van der Waals surface area contributed by atoms with E-state index in [9.17, 15) is 27.6 Å². The van der Waals surface area contributed by atoms with Crippen LogP contribution in [-0.2, 0) is 27.2 Å². The SMILES string of the molecule is C/N=C1\N/C(Cl)=C/c2ccc(NC(=O)OC)cc2NC(=O)CCc2nc(ccc2F)CC1NC(=O)/C=C/c1c(F)ccc(Cl)c1F. The lowest BCUT2D eigenvalue weighted by Gasteiger charge is -2.21. The molecule has 240 valence electrons. The minimum atomic E-state index is -1.03. The fraction of sp³-hybridized carbons (Fsp3) is 0.194. The van der Waals surface area contributed by atoms with E-state index in [0.29, 0.717) is 16.9 Å². The third kappa shape index (κ3) is 8.86. The second-order valence-electron chi connectivity index (χ2n) is 9.78. The lowest BCUT2D eigenvalue weighted by molar-refractivity contribution is -0.117. The van der Waals surface area contributed by atoms with Gasteiger partial charge in [-0.25, -0.2) is 18.0 Å². The van der Waals surface area contributed by atoms with Crippen LogP contribution in [0.4, 0.5) is 29.3 Å². The zero-order valence-electron chi connectivity index (χ0n) is 24.4. The fourth-order valence-electron chi connectivity index (χ4n) is 4.39. The summed E-state index contributed by atoms with van der Waals surface area (Å²) in [5.74, 6) is -3.64. The van der Waals surface area contributed by atoms with Gasteiger partial charge in [0.1, 0.15) is 22.6 Å².